The molecule has 25 heteroatoms. The third-order valence-corrected chi connectivity index (χ3v) is 14.4. The molecule has 3 saturated heterocycles. The van der Waals surface area contributed by atoms with Crippen LogP contribution in [-0.2, 0) is 35.2 Å². The summed E-state index contributed by atoms with van der Waals surface area (Å²) in [5.74, 6) is -2.72. The van der Waals surface area contributed by atoms with E-state index in [4.69, 9.17) is 47.5 Å². The Hall–Kier alpha value is -7.81. The molecule has 448 valence electrons. The topological polar surface area (TPSA) is 305 Å². The highest BCUT2D eigenvalue weighted by Crippen LogP contribution is 2.43. The molecule has 0 aromatic heterocycles. The monoisotopic (exact) mass is 1160 g/mol. The number of anilines is 1. The predicted octanol–water partition coefficient (Wildman–Crippen LogP) is 4.79. The van der Waals surface area contributed by atoms with Gasteiger partial charge in [0.25, 0.3) is 17.7 Å². The highest BCUT2D eigenvalue weighted by Gasteiger charge is 2.48. The van der Waals surface area contributed by atoms with Gasteiger partial charge in [0.2, 0.25) is 6.29 Å². The lowest BCUT2D eigenvalue weighted by molar-refractivity contribution is -0.256. The number of unbranched alkanes of at least 4 members (excludes halogenated alkanes) is 2. The van der Waals surface area contributed by atoms with Crippen LogP contribution in [-0.4, -0.2) is 195 Å². The Morgan fingerprint density at radius 2 is 1.42 bits per heavy atom. The van der Waals surface area contributed by atoms with Gasteiger partial charge in [-0.2, -0.15) is 0 Å². The third-order valence-electron chi connectivity index (χ3n) is 14.4. The number of methoxy groups -OCH3 is 2. The fraction of sp³-hybridized carbons (Fsp3) is 0.500. The highest BCUT2D eigenvalue weighted by molar-refractivity contribution is 6.06. The number of rotatable bonds is 26. The molecule has 5 aliphatic heterocycles. The summed E-state index contributed by atoms with van der Waals surface area (Å²) in [5, 5.41) is 50.0. The molecule has 1 unspecified atom stereocenters. The predicted molar refractivity (Wildman–Crippen MR) is 298 cm³/mol. The lowest BCUT2D eigenvalue weighted by Gasteiger charge is -2.39. The summed E-state index contributed by atoms with van der Waals surface area (Å²) in [7, 11) is 2.92. The molecule has 0 aliphatic carbocycles. The third kappa shape index (κ3) is 14.5. The fourth-order valence-electron chi connectivity index (χ4n) is 10.1. The van der Waals surface area contributed by atoms with Crippen LogP contribution >= 0.6 is 0 Å². The number of oxime groups is 1. The highest BCUT2D eigenvalue weighted by atomic mass is 16.7. The van der Waals surface area contributed by atoms with Crippen LogP contribution < -0.4 is 33.9 Å². The molecule has 25 nitrogen and oxygen atoms in total. The van der Waals surface area contributed by atoms with E-state index >= 15 is 0 Å². The molecule has 5 aliphatic rings. The second-order valence-corrected chi connectivity index (χ2v) is 20.7. The van der Waals surface area contributed by atoms with Gasteiger partial charge in [-0.1, -0.05) is 42.4 Å². The van der Waals surface area contributed by atoms with Crippen LogP contribution in [0.15, 0.2) is 76.9 Å². The minimum Gasteiger partial charge on any atom is -0.493 e. The van der Waals surface area contributed by atoms with E-state index in [1.807, 2.05) is 0 Å². The van der Waals surface area contributed by atoms with Crippen LogP contribution in [0.5, 0.6) is 28.7 Å². The van der Waals surface area contributed by atoms with Gasteiger partial charge in [-0.05, 0) is 75.8 Å². The van der Waals surface area contributed by atoms with Gasteiger partial charge >= 0.3 is 12.1 Å². The quantitative estimate of drug-likeness (QED) is 0.0312. The van der Waals surface area contributed by atoms with E-state index in [0.29, 0.717) is 67.2 Å². The van der Waals surface area contributed by atoms with Gasteiger partial charge in [0.05, 0.1) is 106 Å². The minimum atomic E-state index is -1.72. The van der Waals surface area contributed by atoms with Crippen LogP contribution in [0.25, 0.3) is 0 Å². The number of amides is 4. The van der Waals surface area contributed by atoms with Gasteiger partial charge in [-0.25, -0.2) is 14.5 Å². The fourth-order valence-corrected chi connectivity index (χ4v) is 10.1. The van der Waals surface area contributed by atoms with Crippen LogP contribution in [0.2, 0.25) is 0 Å². The number of hydrogen-bond donors (Lipinski definition) is 5. The van der Waals surface area contributed by atoms with Crippen molar-refractivity contribution in [2.24, 2.45) is 16.1 Å². The molecule has 0 saturated carbocycles. The molecule has 0 radical (unpaired) electrons. The van der Waals surface area contributed by atoms with Crippen molar-refractivity contribution >= 4 is 53.1 Å². The van der Waals surface area contributed by atoms with Gasteiger partial charge in [0, 0.05) is 43.9 Å². The summed E-state index contributed by atoms with van der Waals surface area (Å²) >= 11 is 0. The standard InChI is InChI=1S/C58H72N6O19/c1-32(2)61-81-20-19-77-18-17-76-16-13-59-52(67)40-23-36(11-12-44(40)82-57-50(66)49(65)35(5)51(83-57)56(71)72)31-80-58(73)64-42-27-48(46(75-7)25-39(42)54(69)63-30-34(4)22-43(63)55(64)70)79-15-10-8-9-14-78-47-26-41-38(24-45(47)74-6)53(68)62-29-33(3)21-37(62)28-60-41/h11-12,23-28,35,37,43,49-51,55,57,65-66,70H,3-4,8-10,13-22,29-31H2,1-2,5-7H3,(H,59,67)(H,71,72)/t35-,37-,43-,49-,50+,51-,55?,57+/m0/s1. The van der Waals surface area contributed by atoms with Gasteiger partial charge in [0.1, 0.15) is 25.1 Å². The Morgan fingerprint density at radius 1 is 0.771 bits per heavy atom. The van der Waals surface area contributed by atoms with Crippen LogP contribution in [0.3, 0.4) is 0 Å². The first kappa shape index (κ1) is 61.3. The molecular weight excluding hydrogens is 1080 g/mol. The number of ether oxygens (including phenoxy) is 9. The first-order chi connectivity index (χ1) is 39.9. The maximum absolute atomic E-state index is 14.5. The maximum Gasteiger partial charge on any atom is 0.416 e. The Labute approximate surface area is 479 Å². The number of aliphatic hydroxyl groups is 3. The normalized spacial score (nSPS) is 22.6. The van der Waals surface area contributed by atoms with Crippen molar-refractivity contribution in [2.75, 3.05) is 85.0 Å². The molecule has 5 heterocycles. The number of aliphatic imine (C=N–C) groups is 1. The van der Waals surface area contributed by atoms with Gasteiger partial charge < -0.3 is 83.0 Å². The average molecular weight is 1160 g/mol. The molecule has 5 N–H and O–H groups in total. The number of benzene rings is 3. The number of carbonyl (C=O) groups is 5. The summed E-state index contributed by atoms with van der Waals surface area (Å²) in [6.45, 7) is 14.8. The van der Waals surface area contributed by atoms with E-state index in [-0.39, 0.29) is 111 Å². The number of carboxylic acid groups (broad SMARTS) is 1. The molecule has 0 bridgehead atoms. The van der Waals surface area contributed by atoms with E-state index in [9.17, 15) is 44.4 Å². The zero-order chi connectivity index (χ0) is 59.5. The number of fused-ring (bicyclic) bond motifs is 4. The molecule has 3 aromatic rings. The Kier molecular flexibility index (Phi) is 20.6. The molecule has 4 amide bonds. The first-order valence-corrected chi connectivity index (χ1v) is 27.3. The van der Waals surface area contributed by atoms with Crippen LogP contribution in [0, 0.1) is 5.92 Å². The first-order valence-electron chi connectivity index (χ1n) is 27.3. The van der Waals surface area contributed by atoms with Crippen molar-refractivity contribution in [1.82, 2.24) is 15.1 Å². The second-order valence-electron chi connectivity index (χ2n) is 20.7. The summed E-state index contributed by atoms with van der Waals surface area (Å²) in [6.07, 6.45) is -4.81. The number of carboxylic acids is 1. The molecule has 8 atom stereocenters. The van der Waals surface area contributed by atoms with E-state index in [2.05, 4.69) is 28.6 Å². The lowest BCUT2D eigenvalue weighted by Crippen LogP contribution is -2.57. The van der Waals surface area contributed by atoms with Crippen molar-refractivity contribution in [1.29, 1.82) is 0 Å². The summed E-state index contributed by atoms with van der Waals surface area (Å²) in [4.78, 5) is 82.0. The Bertz CT molecular complexity index is 2970. The minimum absolute atomic E-state index is 0.0115. The zero-order valence-electron chi connectivity index (χ0n) is 47.1. The van der Waals surface area contributed by atoms with E-state index in [0.717, 1.165) is 16.2 Å². The van der Waals surface area contributed by atoms with Crippen molar-refractivity contribution in [3.05, 3.63) is 89.0 Å². The van der Waals surface area contributed by atoms with Gasteiger partial charge in [0.15, 0.2) is 35.3 Å². The van der Waals surface area contributed by atoms with E-state index in [1.165, 1.54) is 56.4 Å². The van der Waals surface area contributed by atoms with Crippen LogP contribution in [0.1, 0.15) is 89.5 Å². The maximum atomic E-state index is 14.5. The van der Waals surface area contributed by atoms with Crippen LogP contribution in [0.4, 0.5) is 16.2 Å². The summed E-state index contributed by atoms with van der Waals surface area (Å²) < 4.78 is 52.0. The van der Waals surface area contributed by atoms with E-state index in [1.54, 1.807) is 37.1 Å². The summed E-state index contributed by atoms with van der Waals surface area (Å²) in [6, 6.07) is 9.29. The zero-order valence-corrected chi connectivity index (χ0v) is 47.1. The average Bonchev–Trinajstić information content (AvgIpc) is 3.34. The number of hydrogen-bond acceptors (Lipinski definition) is 20. The molecule has 3 fully saturated rings. The van der Waals surface area contributed by atoms with Crippen molar-refractivity contribution in [2.45, 2.75) is 102 Å². The Morgan fingerprint density at radius 3 is 2.12 bits per heavy atom. The Balaban J connectivity index is 0.934. The van der Waals surface area contributed by atoms with E-state index < -0.39 is 73.3 Å². The number of aliphatic hydroxyl groups excluding tert-OH is 3. The number of carbonyl (C=O) groups excluding carboxylic acids is 4. The molecule has 3 aromatic carbocycles. The number of nitrogens with zero attached hydrogens (tertiary/aromatic N) is 5. The molecule has 0 spiro atoms. The smallest absolute Gasteiger partial charge is 0.416 e. The van der Waals surface area contributed by atoms with Crippen molar-refractivity contribution in [3.63, 3.8) is 0 Å². The summed E-state index contributed by atoms with van der Waals surface area (Å²) in [5.41, 5.74) is 3.40. The van der Waals surface area contributed by atoms with Crippen molar-refractivity contribution < 1.29 is 91.9 Å². The molecular formula is C58H72N6O19. The number of aliphatic carboxylic acids is 1. The largest absolute Gasteiger partial charge is 0.493 e. The number of nitrogens with one attached hydrogen (secondary N) is 1. The molecule has 8 rings (SSSR count). The van der Waals surface area contributed by atoms with Crippen molar-refractivity contribution in [3.8, 4) is 28.7 Å². The lowest BCUT2D eigenvalue weighted by atomic mass is 9.91. The molecule has 83 heavy (non-hydrogen) atoms. The SMILES string of the molecule is C=C1C[C@H]2C=Nc3cc(OCCCCCOc4cc5c(cc4OC)C(=O)N4CC(=C)C[C@H]4C(O)N5C(=O)OCc4ccc(O[C@@H]5O[C@H](C(=O)O)[C@@H](C)[C@H](O)[C@H]5O)c(C(=O)NCCOCCOCCON=C(C)C)c4)c(OC)cc3C(=O)N2C1. The second kappa shape index (κ2) is 28.0. The van der Waals surface area contributed by atoms with Gasteiger partial charge in [-0.15, -0.1) is 0 Å². The van der Waals surface area contributed by atoms with Gasteiger partial charge in [-0.3, -0.25) is 19.4 Å².